The molecular formula is C16H26N2O2. The predicted octanol–water partition coefficient (Wildman–Crippen LogP) is 1.64. The van der Waals surface area contributed by atoms with Crippen molar-refractivity contribution in [3.05, 3.63) is 35.9 Å². The summed E-state index contributed by atoms with van der Waals surface area (Å²) in [6.07, 6.45) is 0.222. The van der Waals surface area contributed by atoms with E-state index in [9.17, 15) is 9.90 Å². The molecule has 0 radical (unpaired) electrons. The molecule has 1 aromatic rings. The maximum Gasteiger partial charge on any atom is 0.224 e. The SMILES string of the molecule is CC(O)CC(CNC(=O)C(C)C(C)N)c1ccccc1. The van der Waals surface area contributed by atoms with Crippen LogP contribution in [0.25, 0.3) is 0 Å². The molecule has 0 fully saturated rings. The molecule has 4 nitrogen and oxygen atoms in total. The smallest absolute Gasteiger partial charge is 0.224 e. The fourth-order valence-corrected chi connectivity index (χ4v) is 2.10. The number of hydrogen-bond acceptors (Lipinski definition) is 3. The van der Waals surface area contributed by atoms with Gasteiger partial charge in [-0.15, -0.1) is 0 Å². The molecule has 0 bridgehead atoms. The molecule has 112 valence electrons. The van der Waals surface area contributed by atoms with Gasteiger partial charge in [0.05, 0.1) is 6.10 Å². The molecule has 20 heavy (non-hydrogen) atoms. The number of hydrogen-bond donors (Lipinski definition) is 3. The highest BCUT2D eigenvalue weighted by molar-refractivity contribution is 5.78. The van der Waals surface area contributed by atoms with Gasteiger partial charge in [-0.25, -0.2) is 0 Å². The van der Waals surface area contributed by atoms with E-state index in [1.54, 1.807) is 6.92 Å². The lowest BCUT2D eigenvalue weighted by molar-refractivity contribution is -0.125. The van der Waals surface area contributed by atoms with E-state index in [0.29, 0.717) is 13.0 Å². The van der Waals surface area contributed by atoms with E-state index in [1.807, 2.05) is 44.2 Å². The summed E-state index contributed by atoms with van der Waals surface area (Å²) in [5.74, 6) is -0.134. The van der Waals surface area contributed by atoms with Gasteiger partial charge >= 0.3 is 0 Å². The topological polar surface area (TPSA) is 75.3 Å². The van der Waals surface area contributed by atoms with Gasteiger partial charge in [-0.05, 0) is 25.8 Å². The van der Waals surface area contributed by atoms with Gasteiger partial charge in [-0.1, -0.05) is 37.3 Å². The molecule has 4 unspecified atom stereocenters. The quantitative estimate of drug-likeness (QED) is 0.710. The van der Waals surface area contributed by atoms with Crippen LogP contribution in [0.4, 0.5) is 0 Å². The van der Waals surface area contributed by atoms with Gasteiger partial charge in [0.2, 0.25) is 5.91 Å². The summed E-state index contributed by atoms with van der Waals surface area (Å²) in [4.78, 5) is 12.0. The lowest BCUT2D eigenvalue weighted by Gasteiger charge is -2.22. The number of carbonyl (C=O) groups excluding carboxylic acids is 1. The third-order valence-corrected chi connectivity index (χ3v) is 3.62. The summed E-state index contributed by atoms with van der Waals surface area (Å²) >= 11 is 0. The second-order valence-corrected chi connectivity index (χ2v) is 5.59. The lowest BCUT2D eigenvalue weighted by Crippen LogP contribution is -2.40. The van der Waals surface area contributed by atoms with Crippen molar-refractivity contribution in [2.75, 3.05) is 6.54 Å². The summed E-state index contributed by atoms with van der Waals surface area (Å²) in [5.41, 5.74) is 6.86. The summed E-state index contributed by atoms with van der Waals surface area (Å²) in [5, 5.41) is 12.6. The number of nitrogens with one attached hydrogen (secondary N) is 1. The van der Waals surface area contributed by atoms with Crippen LogP contribution >= 0.6 is 0 Å². The Hall–Kier alpha value is -1.39. The molecule has 1 aromatic carbocycles. The van der Waals surface area contributed by atoms with Crippen molar-refractivity contribution in [3.8, 4) is 0 Å². The van der Waals surface area contributed by atoms with Gasteiger partial charge in [0.25, 0.3) is 0 Å². The van der Waals surface area contributed by atoms with Crippen molar-refractivity contribution in [2.24, 2.45) is 11.7 Å². The summed E-state index contributed by atoms with van der Waals surface area (Å²) in [6.45, 7) is 5.94. The average molecular weight is 278 g/mol. The minimum atomic E-state index is -0.400. The minimum Gasteiger partial charge on any atom is -0.393 e. The van der Waals surface area contributed by atoms with Crippen LogP contribution in [0.1, 0.15) is 38.7 Å². The third kappa shape index (κ3) is 5.31. The van der Waals surface area contributed by atoms with E-state index in [0.717, 1.165) is 5.56 Å². The summed E-state index contributed by atoms with van der Waals surface area (Å²) in [7, 11) is 0. The highest BCUT2D eigenvalue weighted by atomic mass is 16.3. The van der Waals surface area contributed by atoms with E-state index >= 15 is 0 Å². The first-order valence-electron chi connectivity index (χ1n) is 7.18. The standard InChI is InChI=1S/C16H26N2O2/c1-11(19)9-15(14-7-5-4-6-8-14)10-18-16(20)12(2)13(3)17/h4-8,11-13,15,19H,9-10,17H2,1-3H3,(H,18,20). The Morgan fingerprint density at radius 1 is 1.25 bits per heavy atom. The van der Waals surface area contributed by atoms with Gasteiger partial charge in [0, 0.05) is 24.4 Å². The molecule has 0 aliphatic carbocycles. The van der Waals surface area contributed by atoms with Gasteiger partial charge in [0.1, 0.15) is 0 Å². The Kier molecular flexibility index (Phi) is 6.68. The molecule has 0 heterocycles. The van der Waals surface area contributed by atoms with Crippen LogP contribution in [-0.2, 0) is 4.79 Å². The number of rotatable bonds is 7. The lowest BCUT2D eigenvalue weighted by atomic mass is 9.93. The second-order valence-electron chi connectivity index (χ2n) is 5.59. The highest BCUT2D eigenvalue weighted by Gasteiger charge is 2.19. The van der Waals surface area contributed by atoms with E-state index in [4.69, 9.17) is 5.73 Å². The summed E-state index contributed by atoms with van der Waals surface area (Å²) < 4.78 is 0. The predicted molar refractivity (Wildman–Crippen MR) is 81.3 cm³/mol. The van der Waals surface area contributed by atoms with Gasteiger partial charge in [0.15, 0.2) is 0 Å². The van der Waals surface area contributed by atoms with Crippen LogP contribution in [0.3, 0.4) is 0 Å². The Morgan fingerprint density at radius 2 is 1.85 bits per heavy atom. The second kappa shape index (κ2) is 8.02. The number of aliphatic hydroxyl groups excluding tert-OH is 1. The Balaban J connectivity index is 2.65. The number of nitrogens with two attached hydrogens (primary N) is 1. The average Bonchev–Trinajstić information content (AvgIpc) is 2.42. The maximum absolute atomic E-state index is 12.0. The number of benzene rings is 1. The van der Waals surface area contributed by atoms with Crippen LogP contribution in [0.15, 0.2) is 30.3 Å². The first-order chi connectivity index (χ1) is 9.41. The van der Waals surface area contributed by atoms with Gasteiger partial charge in [-0.3, -0.25) is 4.79 Å². The first-order valence-corrected chi connectivity index (χ1v) is 7.18. The van der Waals surface area contributed by atoms with Gasteiger partial charge in [-0.2, -0.15) is 0 Å². The maximum atomic E-state index is 12.0. The largest absolute Gasteiger partial charge is 0.393 e. The minimum absolute atomic E-state index is 0.0356. The van der Waals surface area contributed by atoms with Gasteiger partial charge < -0.3 is 16.2 Å². The number of carbonyl (C=O) groups is 1. The van der Waals surface area contributed by atoms with Crippen molar-refractivity contribution >= 4 is 5.91 Å². The third-order valence-electron chi connectivity index (χ3n) is 3.62. The molecule has 0 aliphatic heterocycles. The van der Waals surface area contributed by atoms with Crippen LogP contribution in [-0.4, -0.2) is 29.7 Å². The molecule has 0 aromatic heterocycles. The Labute approximate surface area is 121 Å². The molecule has 1 amide bonds. The van der Waals surface area contributed by atoms with Crippen molar-refractivity contribution < 1.29 is 9.90 Å². The Morgan fingerprint density at radius 3 is 2.35 bits per heavy atom. The molecule has 0 aliphatic rings. The fourth-order valence-electron chi connectivity index (χ4n) is 2.10. The summed E-state index contributed by atoms with van der Waals surface area (Å²) in [6, 6.07) is 9.78. The van der Waals surface area contributed by atoms with Crippen molar-refractivity contribution in [1.29, 1.82) is 0 Å². The molecule has 0 spiro atoms. The van der Waals surface area contributed by atoms with Crippen LogP contribution in [0.2, 0.25) is 0 Å². The van der Waals surface area contributed by atoms with E-state index in [1.165, 1.54) is 0 Å². The highest BCUT2D eigenvalue weighted by Crippen LogP contribution is 2.20. The Bertz CT molecular complexity index is 404. The molecule has 0 saturated heterocycles. The fraction of sp³-hybridized carbons (Fsp3) is 0.562. The monoisotopic (exact) mass is 278 g/mol. The molecule has 0 saturated carbocycles. The zero-order chi connectivity index (χ0) is 15.1. The zero-order valence-electron chi connectivity index (χ0n) is 12.5. The normalized spacial score (nSPS) is 17.1. The van der Waals surface area contributed by atoms with E-state index in [2.05, 4.69) is 5.32 Å². The van der Waals surface area contributed by atoms with E-state index in [-0.39, 0.29) is 23.8 Å². The van der Waals surface area contributed by atoms with Crippen LogP contribution in [0.5, 0.6) is 0 Å². The van der Waals surface area contributed by atoms with Crippen LogP contribution in [0, 0.1) is 5.92 Å². The van der Waals surface area contributed by atoms with Crippen molar-refractivity contribution in [1.82, 2.24) is 5.32 Å². The van der Waals surface area contributed by atoms with Crippen molar-refractivity contribution in [3.63, 3.8) is 0 Å². The molecular weight excluding hydrogens is 252 g/mol. The van der Waals surface area contributed by atoms with Crippen LogP contribution < -0.4 is 11.1 Å². The van der Waals surface area contributed by atoms with Crippen molar-refractivity contribution in [2.45, 2.75) is 45.3 Å². The number of aliphatic hydroxyl groups is 1. The molecule has 4 heteroatoms. The van der Waals surface area contributed by atoms with E-state index < -0.39 is 6.10 Å². The number of amides is 1. The zero-order valence-corrected chi connectivity index (χ0v) is 12.5. The molecule has 1 rings (SSSR count). The first kappa shape index (κ1) is 16.7. The molecule has 4 N–H and O–H groups in total. The molecule has 4 atom stereocenters.